The first kappa shape index (κ1) is 15.4. The molecular weight excluding hydrogens is 307 g/mol. The Morgan fingerprint density at radius 2 is 1.87 bits per heavy atom. The van der Waals surface area contributed by atoms with Crippen molar-refractivity contribution in [2.75, 3.05) is 11.4 Å². The van der Waals surface area contributed by atoms with E-state index in [0.29, 0.717) is 17.8 Å². The minimum absolute atomic E-state index is 0.0261. The van der Waals surface area contributed by atoms with Crippen LogP contribution in [0.5, 0.6) is 5.75 Å². The van der Waals surface area contributed by atoms with Crippen LogP contribution in [0.2, 0.25) is 0 Å². The van der Waals surface area contributed by atoms with Gasteiger partial charge < -0.3 is 9.64 Å². The molecule has 1 amide bonds. The van der Waals surface area contributed by atoms with Crippen molar-refractivity contribution in [3.63, 3.8) is 0 Å². The molecule has 0 spiro atoms. The van der Waals surface area contributed by atoms with Gasteiger partial charge in [-0.1, -0.05) is 12.1 Å². The van der Waals surface area contributed by atoms with Crippen LogP contribution in [0.3, 0.4) is 0 Å². The molecule has 0 atom stereocenters. The zero-order chi connectivity index (χ0) is 16.4. The fourth-order valence-corrected chi connectivity index (χ4v) is 2.74. The van der Waals surface area contributed by atoms with E-state index in [1.807, 2.05) is 0 Å². The van der Waals surface area contributed by atoms with E-state index < -0.39 is 12.4 Å². The molecule has 0 bridgehead atoms. The zero-order valence-corrected chi connectivity index (χ0v) is 12.1. The van der Waals surface area contributed by atoms with Gasteiger partial charge in [-0.25, -0.2) is 4.39 Å². The summed E-state index contributed by atoms with van der Waals surface area (Å²) in [6.07, 6.45) is 1.47. The number of carbonyl (C=O) groups is 1. The van der Waals surface area contributed by atoms with E-state index in [9.17, 15) is 18.0 Å². The number of hydrogen-bond donors (Lipinski definition) is 0. The Labute approximate surface area is 131 Å². The van der Waals surface area contributed by atoms with Crippen molar-refractivity contribution in [3.8, 4) is 5.75 Å². The Morgan fingerprint density at radius 1 is 1.13 bits per heavy atom. The second kappa shape index (κ2) is 6.32. The molecule has 0 saturated heterocycles. The summed E-state index contributed by atoms with van der Waals surface area (Å²) in [6.45, 7) is -2.50. The molecule has 0 radical (unpaired) electrons. The number of carbonyl (C=O) groups excluding carboxylic acids is 1. The van der Waals surface area contributed by atoms with Crippen molar-refractivity contribution in [2.24, 2.45) is 0 Å². The first-order valence-electron chi connectivity index (χ1n) is 7.20. The molecule has 1 heterocycles. The number of amides is 1. The largest absolute Gasteiger partial charge is 0.435 e. The Bertz CT molecular complexity index is 716. The third-order valence-electron chi connectivity index (χ3n) is 3.74. The number of hydrogen-bond acceptors (Lipinski definition) is 2. The van der Waals surface area contributed by atoms with Crippen molar-refractivity contribution in [1.82, 2.24) is 0 Å². The van der Waals surface area contributed by atoms with Gasteiger partial charge in [0.25, 0.3) is 5.91 Å². The van der Waals surface area contributed by atoms with Crippen molar-refractivity contribution < 1.29 is 22.7 Å². The van der Waals surface area contributed by atoms with Crippen molar-refractivity contribution in [3.05, 3.63) is 59.4 Å². The number of nitrogens with zero attached hydrogens (tertiary/aromatic N) is 1. The number of para-hydroxylation sites is 1. The van der Waals surface area contributed by atoms with Gasteiger partial charge in [0, 0.05) is 12.1 Å². The lowest BCUT2D eigenvalue weighted by molar-refractivity contribution is -0.0498. The number of benzene rings is 2. The van der Waals surface area contributed by atoms with Crippen molar-refractivity contribution in [1.29, 1.82) is 0 Å². The highest BCUT2D eigenvalue weighted by atomic mass is 19.3. The Morgan fingerprint density at radius 3 is 2.57 bits per heavy atom. The van der Waals surface area contributed by atoms with Crippen molar-refractivity contribution in [2.45, 2.75) is 19.5 Å². The van der Waals surface area contributed by atoms with Gasteiger partial charge in [-0.2, -0.15) is 8.78 Å². The average molecular weight is 321 g/mol. The summed E-state index contributed by atoms with van der Waals surface area (Å²) in [5, 5.41) is 0. The predicted octanol–water partition coefficient (Wildman–Crippen LogP) is 4.02. The molecule has 23 heavy (non-hydrogen) atoms. The molecule has 0 aliphatic carbocycles. The van der Waals surface area contributed by atoms with Crippen LogP contribution in [-0.2, 0) is 6.42 Å². The first-order valence-corrected chi connectivity index (χ1v) is 7.20. The van der Waals surface area contributed by atoms with Gasteiger partial charge in [0.05, 0.1) is 5.69 Å². The SMILES string of the molecule is O=C(c1ccc(OC(F)F)cc1)N1CCCc2cccc(F)c21. The van der Waals surface area contributed by atoms with E-state index >= 15 is 0 Å². The molecule has 3 nitrogen and oxygen atoms in total. The smallest absolute Gasteiger partial charge is 0.387 e. The molecule has 0 aromatic heterocycles. The van der Waals surface area contributed by atoms with Gasteiger partial charge in [0.2, 0.25) is 0 Å². The highest BCUT2D eigenvalue weighted by Crippen LogP contribution is 2.31. The number of aryl methyl sites for hydroxylation is 1. The molecule has 0 fully saturated rings. The molecule has 0 N–H and O–H groups in total. The summed E-state index contributed by atoms with van der Waals surface area (Å²) in [7, 11) is 0. The molecule has 3 rings (SSSR count). The van der Waals surface area contributed by atoms with Gasteiger partial charge in [0.15, 0.2) is 0 Å². The normalized spacial score (nSPS) is 13.8. The highest BCUT2D eigenvalue weighted by Gasteiger charge is 2.26. The maximum absolute atomic E-state index is 14.1. The lowest BCUT2D eigenvalue weighted by atomic mass is 10.0. The fraction of sp³-hybridized carbons (Fsp3) is 0.235. The average Bonchev–Trinajstić information content (AvgIpc) is 2.54. The topological polar surface area (TPSA) is 29.5 Å². The van der Waals surface area contributed by atoms with Gasteiger partial charge >= 0.3 is 6.61 Å². The van der Waals surface area contributed by atoms with E-state index in [-0.39, 0.29) is 11.7 Å². The van der Waals surface area contributed by atoms with Crippen LogP contribution in [-0.4, -0.2) is 19.1 Å². The van der Waals surface area contributed by atoms with Gasteiger partial charge in [-0.15, -0.1) is 0 Å². The molecule has 1 aliphatic heterocycles. The molecule has 1 aliphatic rings. The predicted molar refractivity (Wildman–Crippen MR) is 79.5 cm³/mol. The molecule has 2 aromatic rings. The summed E-state index contributed by atoms with van der Waals surface area (Å²) >= 11 is 0. The van der Waals surface area contributed by atoms with E-state index in [2.05, 4.69) is 4.74 Å². The number of ether oxygens (including phenoxy) is 1. The van der Waals surface area contributed by atoms with Crippen LogP contribution in [0.1, 0.15) is 22.3 Å². The number of fused-ring (bicyclic) bond motifs is 1. The summed E-state index contributed by atoms with van der Waals surface area (Å²) in [4.78, 5) is 14.0. The summed E-state index contributed by atoms with van der Waals surface area (Å²) in [6, 6.07) is 10.1. The number of halogens is 3. The van der Waals surface area contributed by atoms with Crippen molar-refractivity contribution >= 4 is 11.6 Å². The van der Waals surface area contributed by atoms with E-state index in [0.717, 1.165) is 18.4 Å². The van der Waals surface area contributed by atoms with Gasteiger partial charge in [0.1, 0.15) is 11.6 Å². The second-order valence-electron chi connectivity index (χ2n) is 5.21. The molecule has 0 saturated carbocycles. The monoisotopic (exact) mass is 321 g/mol. The molecule has 2 aromatic carbocycles. The van der Waals surface area contributed by atoms with E-state index in [4.69, 9.17) is 0 Å². The van der Waals surface area contributed by atoms with Crippen LogP contribution in [0, 0.1) is 5.82 Å². The van der Waals surface area contributed by atoms with Gasteiger partial charge in [-0.05, 0) is 48.7 Å². The minimum atomic E-state index is -2.92. The Balaban J connectivity index is 1.87. The summed E-state index contributed by atoms with van der Waals surface area (Å²) in [5.74, 6) is -0.824. The third kappa shape index (κ3) is 3.16. The number of anilines is 1. The molecule has 0 unspecified atom stereocenters. The third-order valence-corrected chi connectivity index (χ3v) is 3.74. The number of rotatable bonds is 3. The maximum Gasteiger partial charge on any atom is 0.387 e. The lowest BCUT2D eigenvalue weighted by Crippen LogP contribution is -2.36. The standard InChI is InChI=1S/C17H14F3NO2/c18-14-5-1-3-11-4-2-10-21(15(11)14)16(22)12-6-8-13(9-7-12)23-17(19)20/h1,3,5-9,17H,2,4,10H2. The maximum atomic E-state index is 14.1. The molecule has 6 heteroatoms. The minimum Gasteiger partial charge on any atom is -0.435 e. The fourth-order valence-electron chi connectivity index (χ4n) is 2.74. The van der Waals surface area contributed by atoms with Crippen LogP contribution in [0.4, 0.5) is 18.9 Å². The van der Waals surface area contributed by atoms with Crippen LogP contribution < -0.4 is 9.64 Å². The first-order chi connectivity index (χ1) is 11.1. The molecule has 120 valence electrons. The lowest BCUT2D eigenvalue weighted by Gasteiger charge is -2.29. The summed E-state index contributed by atoms with van der Waals surface area (Å²) in [5.41, 5.74) is 1.39. The number of alkyl halides is 2. The van der Waals surface area contributed by atoms with Crippen LogP contribution in [0.15, 0.2) is 42.5 Å². The van der Waals surface area contributed by atoms with E-state index in [1.165, 1.54) is 35.2 Å². The van der Waals surface area contributed by atoms with Gasteiger partial charge in [-0.3, -0.25) is 4.79 Å². The molecular formula is C17H14F3NO2. The Kier molecular flexibility index (Phi) is 4.23. The highest BCUT2D eigenvalue weighted by molar-refractivity contribution is 6.06. The van der Waals surface area contributed by atoms with Crippen LogP contribution >= 0.6 is 0 Å². The zero-order valence-electron chi connectivity index (χ0n) is 12.1. The Hall–Kier alpha value is -2.50. The summed E-state index contributed by atoms with van der Waals surface area (Å²) < 4.78 is 42.6. The quantitative estimate of drug-likeness (QED) is 0.854. The van der Waals surface area contributed by atoms with E-state index in [1.54, 1.807) is 12.1 Å². The van der Waals surface area contributed by atoms with Crippen LogP contribution in [0.25, 0.3) is 0 Å². The second-order valence-corrected chi connectivity index (χ2v) is 5.21.